The van der Waals surface area contributed by atoms with Crippen molar-refractivity contribution in [2.24, 2.45) is 0 Å². The maximum absolute atomic E-state index is 3.86. The van der Waals surface area contributed by atoms with Crippen LogP contribution in [0.5, 0.6) is 0 Å². The summed E-state index contributed by atoms with van der Waals surface area (Å²) in [6.07, 6.45) is 8.19. The molecule has 3 nitrogen and oxygen atoms in total. The molecule has 70 valence electrons. The second kappa shape index (κ2) is 3.77. The van der Waals surface area contributed by atoms with Crippen molar-refractivity contribution >= 4 is 0 Å². The van der Waals surface area contributed by atoms with Crippen LogP contribution in [0, 0.1) is 0 Å². The molecule has 2 aliphatic rings. The van der Waals surface area contributed by atoms with Gasteiger partial charge in [-0.1, -0.05) is 6.58 Å². The van der Waals surface area contributed by atoms with Gasteiger partial charge in [-0.25, -0.2) is 5.01 Å². The minimum Gasteiger partial charge on any atom is -0.314 e. The summed E-state index contributed by atoms with van der Waals surface area (Å²) >= 11 is 0. The van der Waals surface area contributed by atoms with E-state index in [1.807, 2.05) is 12.2 Å². The fourth-order valence-corrected chi connectivity index (χ4v) is 1.52. The Morgan fingerprint density at radius 3 is 2.38 bits per heavy atom. The largest absolute Gasteiger partial charge is 0.314 e. The van der Waals surface area contributed by atoms with Gasteiger partial charge in [0.05, 0.1) is 0 Å². The Labute approximate surface area is 79.0 Å². The van der Waals surface area contributed by atoms with Crippen molar-refractivity contribution in [1.29, 1.82) is 0 Å². The van der Waals surface area contributed by atoms with Gasteiger partial charge in [0.2, 0.25) is 0 Å². The number of hydrogen-bond donors (Lipinski definition) is 1. The van der Waals surface area contributed by atoms with E-state index >= 15 is 0 Å². The van der Waals surface area contributed by atoms with Crippen LogP contribution in [0.4, 0.5) is 0 Å². The predicted molar refractivity (Wildman–Crippen MR) is 53.7 cm³/mol. The fourth-order valence-electron chi connectivity index (χ4n) is 1.52. The van der Waals surface area contributed by atoms with Crippen LogP contribution in [0.25, 0.3) is 0 Å². The summed E-state index contributed by atoms with van der Waals surface area (Å²) in [5.74, 6) is 0. The van der Waals surface area contributed by atoms with Crippen LogP contribution < -0.4 is 5.32 Å². The summed E-state index contributed by atoms with van der Waals surface area (Å²) in [5.41, 5.74) is 1.06. The number of nitrogens with zero attached hydrogens (tertiary/aromatic N) is 2. The molecule has 0 unspecified atom stereocenters. The van der Waals surface area contributed by atoms with E-state index in [0.29, 0.717) is 0 Å². The van der Waals surface area contributed by atoms with Gasteiger partial charge in [0.15, 0.2) is 0 Å². The van der Waals surface area contributed by atoms with Gasteiger partial charge >= 0.3 is 0 Å². The van der Waals surface area contributed by atoms with Gasteiger partial charge < -0.3 is 5.32 Å². The molecule has 3 heteroatoms. The predicted octanol–water partition coefficient (Wildman–Crippen LogP) is 0.706. The summed E-state index contributed by atoms with van der Waals surface area (Å²) in [5, 5.41) is 7.78. The highest BCUT2D eigenvalue weighted by Gasteiger charge is 2.13. The van der Waals surface area contributed by atoms with Crippen molar-refractivity contribution in [1.82, 2.24) is 15.3 Å². The van der Waals surface area contributed by atoms with Crippen molar-refractivity contribution < 1.29 is 0 Å². The molecule has 0 aromatic rings. The molecule has 2 heterocycles. The molecular weight excluding hydrogens is 162 g/mol. The lowest BCUT2D eigenvalue weighted by Crippen LogP contribution is -2.48. The van der Waals surface area contributed by atoms with Crippen LogP contribution in [0.2, 0.25) is 0 Å². The van der Waals surface area contributed by atoms with E-state index in [9.17, 15) is 0 Å². The van der Waals surface area contributed by atoms with Crippen molar-refractivity contribution in [3.63, 3.8) is 0 Å². The van der Waals surface area contributed by atoms with Gasteiger partial charge in [-0.2, -0.15) is 0 Å². The Balaban J connectivity index is 1.97. The molecule has 1 N–H and O–H groups in total. The van der Waals surface area contributed by atoms with Crippen LogP contribution in [0.1, 0.15) is 0 Å². The summed E-state index contributed by atoms with van der Waals surface area (Å²) in [7, 11) is 0. The monoisotopic (exact) mass is 177 g/mol. The molecule has 0 saturated carbocycles. The van der Waals surface area contributed by atoms with Gasteiger partial charge in [0.1, 0.15) is 0 Å². The molecule has 0 atom stereocenters. The van der Waals surface area contributed by atoms with Gasteiger partial charge in [0, 0.05) is 38.6 Å². The van der Waals surface area contributed by atoms with Gasteiger partial charge in [-0.3, -0.25) is 5.01 Å². The van der Waals surface area contributed by atoms with Crippen molar-refractivity contribution in [2.75, 3.05) is 26.2 Å². The molecule has 2 rings (SSSR count). The van der Waals surface area contributed by atoms with Gasteiger partial charge in [0.25, 0.3) is 0 Å². The molecule has 13 heavy (non-hydrogen) atoms. The number of piperazine rings is 1. The minimum atomic E-state index is 1.06. The first kappa shape index (κ1) is 8.53. The van der Waals surface area contributed by atoms with Gasteiger partial charge in [-0.05, 0) is 17.7 Å². The van der Waals surface area contributed by atoms with E-state index in [1.165, 1.54) is 0 Å². The smallest absolute Gasteiger partial charge is 0.0310 e. The van der Waals surface area contributed by atoms with Gasteiger partial charge in [-0.15, -0.1) is 0 Å². The first-order valence-electron chi connectivity index (χ1n) is 4.65. The molecule has 0 spiro atoms. The Morgan fingerprint density at radius 1 is 1.15 bits per heavy atom. The number of hydrazine groups is 1. The van der Waals surface area contributed by atoms with E-state index < -0.39 is 0 Å². The van der Waals surface area contributed by atoms with Crippen LogP contribution >= 0.6 is 0 Å². The third kappa shape index (κ3) is 1.99. The fraction of sp³-hybridized carbons (Fsp3) is 0.400. The Bertz CT molecular complexity index is 233. The van der Waals surface area contributed by atoms with E-state index in [4.69, 9.17) is 0 Å². The van der Waals surface area contributed by atoms with E-state index in [1.54, 1.807) is 0 Å². The van der Waals surface area contributed by atoms with Crippen molar-refractivity contribution in [2.45, 2.75) is 0 Å². The quantitative estimate of drug-likeness (QED) is 0.636. The average Bonchev–Trinajstić information content (AvgIpc) is 2.20. The first-order chi connectivity index (χ1) is 6.36. The lowest BCUT2D eigenvalue weighted by molar-refractivity contribution is 0.0533. The standard InChI is InChI=1S/C10H15N3/c1-10-2-6-12(7-3-10)13-8-4-11-5-9-13/h2-3,6-7,11H,1,4-5,8-9H2. The lowest BCUT2D eigenvalue weighted by Gasteiger charge is -2.35. The number of hydrogen-bond acceptors (Lipinski definition) is 3. The topological polar surface area (TPSA) is 18.5 Å². The zero-order valence-electron chi connectivity index (χ0n) is 7.74. The second-order valence-corrected chi connectivity index (χ2v) is 3.29. The summed E-state index contributed by atoms with van der Waals surface area (Å²) in [6.45, 7) is 8.14. The second-order valence-electron chi connectivity index (χ2n) is 3.29. The summed E-state index contributed by atoms with van der Waals surface area (Å²) < 4.78 is 0. The molecule has 0 aromatic heterocycles. The SMILES string of the molecule is C=C1C=CN(N2CCNCC2)C=C1. The molecule has 0 aromatic carbocycles. The van der Waals surface area contributed by atoms with Crippen LogP contribution in [0.15, 0.2) is 36.7 Å². The molecule has 1 saturated heterocycles. The third-order valence-corrected chi connectivity index (χ3v) is 2.30. The third-order valence-electron chi connectivity index (χ3n) is 2.30. The maximum atomic E-state index is 3.86. The van der Waals surface area contributed by atoms with Crippen molar-refractivity contribution in [3.8, 4) is 0 Å². The highest BCUT2D eigenvalue weighted by molar-refractivity contribution is 5.30. The Morgan fingerprint density at radius 2 is 1.77 bits per heavy atom. The molecular formula is C10H15N3. The zero-order valence-corrected chi connectivity index (χ0v) is 7.74. The highest BCUT2D eigenvalue weighted by atomic mass is 15.6. The first-order valence-corrected chi connectivity index (χ1v) is 4.65. The molecule has 2 aliphatic heterocycles. The number of nitrogens with one attached hydrogen (secondary N) is 1. The highest BCUT2D eigenvalue weighted by Crippen LogP contribution is 2.10. The molecule has 0 aliphatic carbocycles. The van der Waals surface area contributed by atoms with Crippen LogP contribution in [0.3, 0.4) is 0 Å². The Kier molecular flexibility index (Phi) is 2.47. The average molecular weight is 177 g/mol. The maximum Gasteiger partial charge on any atom is 0.0310 e. The molecule has 0 radical (unpaired) electrons. The molecule has 1 fully saturated rings. The minimum absolute atomic E-state index is 1.06. The van der Waals surface area contributed by atoms with Crippen molar-refractivity contribution in [3.05, 3.63) is 36.7 Å². The summed E-state index contributed by atoms with van der Waals surface area (Å²) in [6, 6.07) is 0. The van der Waals surface area contributed by atoms with E-state index in [2.05, 4.69) is 34.3 Å². The molecule has 0 bridgehead atoms. The van der Waals surface area contributed by atoms with E-state index in [-0.39, 0.29) is 0 Å². The zero-order chi connectivity index (χ0) is 9.10. The number of rotatable bonds is 1. The molecule has 0 amide bonds. The van der Waals surface area contributed by atoms with Crippen LogP contribution in [-0.4, -0.2) is 36.2 Å². The normalized spacial score (nSPS) is 24.0. The summed E-state index contributed by atoms with van der Waals surface area (Å²) in [4.78, 5) is 0. The Hall–Kier alpha value is -1.06. The lowest BCUT2D eigenvalue weighted by atomic mass is 10.2. The van der Waals surface area contributed by atoms with Crippen LogP contribution in [-0.2, 0) is 0 Å². The van der Waals surface area contributed by atoms with E-state index in [0.717, 1.165) is 31.8 Å². The number of allylic oxidation sites excluding steroid dienone is 3.